The van der Waals surface area contributed by atoms with Crippen LogP contribution in [0.1, 0.15) is 39.0 Å². The van der Waals surface area contributed by atoms with E-state index < -0.39 is 28.0 Å². The van der Waals surface area contributed by atoms with E-state index >= 15 is 0 Å². The smallest absolute Gasteiger partial charge is 0.266 e. The van der Waals surface area contributed by atoms with E-state index in [1.807, 2.05) is 0 Å². The van der Waals surface area contributed by atoms with Crippen LogP contribution in [0.3, 0.4) is 0 Å². The SMILES string of the molecule is C[C@H](Sc1nc2ccccc2c(=O)n1-c1ccc(F)cc1F)C(=O)NC1(C#N)CCCCC1. The second-order valence-corrected chi connectivity index (χ2v) is 9.46. The molecule has 0 aliphatic heterocycles. The number of nitriles is 1. The maximum Gasteiger partial charge on any atom is 0.266 e. The van der Waals surface area contributed by atoms with E-state index in [4.69, 9.17) is 0 Å². The number of halogens is 2. The van der Waals surface area contributed by atoms with Gasteiger partial charge in [0.25, 0.3) is 5.56 Å². The van der Waals surface area contributed by atoms with Gasteiger partial charge in [-0.15, -0.1) is 0 Å². The summed E-state index contributed by atoms with van der Waals surface area (Å²) in [5.74, 6) is -2.05. The number of amides is 1. The molecule has 0 unspecified atom stereocenters. The van der Waals surface area contributed by atoms with E-state index in [1.54, 1.807) is 31.2 Å². The number of hydrogen-bond donors (Lipinski definition) is 1. The minimum absolute atomic E-state index is 0.0986. The maximum absolute atomic E-state index is 14.6. The molecule has 2 aromatic carbocycles. The lowest BCUT2D eigenvalue weighted by atomic mass is 9.83. The number of thioether (sulfide) groups is 1. The topological polar surface area (TPSA) is 87.8 Å². The number of para-hydroxylation sites is 1. The maximum atomic E-state index is 14.6. The van der Waals surface area contributed by atoms with Gasteiger partial charge in [0.1, 0.15) is 17.2 Å². The van der Waals surface area contributed by atoms with Gasteiger partial charge < -0.3 is 5.32 Å². The molecule has 1 amide bonds. The number of nitrogens with one attached hydrogen (secondary N) is 1. The Morgan fingerprint density at radius 1 is 1.21 bits per heavy atom. The van der Waals surface area contributed by atoms with Crippen molar-refractivity contribution in [3.05, 3.63) is 64.5 Å². The molecular formula is C24H22F2N4O2S. The third-order valence-electron chi connectivity index (χ3n) is 5.83. The lowest BCUT2D eigenvalue weighted by Crippen LogP contribution is -2.51. The Morgan fingerprint density at radius 2 is 1.94 bits per heavy atom. The fraction of sp³-hybridized carbons (Fsp3) is 0.333. The molecule has 1 aromatic heterocycles. The first kappa shape index (κ1) is 22.9. The Morgan fingerprint density at radius 3 is 2.64 bits per heavy atom. The zero-order valence-electron chi connectivity index (χ0n) is 18.0. The molecule has 0 radical (unpaired) electrons. The minimum atomic E-state index is -0.918. The van der Waals surface area contributed by atoms with Gasteiger partial charge in [-0.25, -0.2) is 13.8 Å². The van der Waals surface area contributed by atoms with Gasteiger partial charge in [-0.3, -0.25) is 14.2 Å². The van der Waals surface area contributed by atoms with Crippen molar-refractivity contribution in [1.82, 2.24) is 14.9 Å². The summed E-state index contributed by atoms with van der Waals surface area (Å²) in [5, 5.41) is 12.2. The van der Waals surface area contributed by atoms with Crippen LogP contribution in [0.25, 0.3) is 16.6 Å². The molecule has 0 spiro atoms. The molecule has 1 N–H and O–H groups in total. The molecule has 1 aliphatic rings. The predicted octanol–water partition coefficient (Wildman–Crippen LogP) is 4.49. The van der Waals surface area contributed by atoms with Gasteiger partial charge in [-0.05, 0) is 44.0 Å². The molecule has 170 valence electrons. The highest BCUT2D eigenvalue weighted by atomic mass is 32.2. The monoisotopic (exact) mass is 468 g/mol. The summed E-state index contributed by atoms with van der Waals surface area (Å²) in [6, 6.07) is 11.8. The summed E-state index contributed by atoms with van der Waals surface area (Å²) < 4.78 is 29.2. The number of nitrogens with zero attached hydrogens (tertiary/aromatic N) is 3. The molecule has 1 fully saturated rings. The Labute approximate surface area is 193 Å². The van der Waals surface area contributed by atoms with Crippen LogP contribution in [-0.2, 0) is 4.79 Å². The second-order valence-electron chi connectivity index (χ2n) is 8.15. The zero-order chi connectivity index (χ0) is 23.6. The molecular weight excluding hydrogens is 446 g/mol. The summed E-state index contributed by atoms with van der Waals surface area (Å²) in [6.07, 6.45) is 3.94. The Balaban J connectivity index is 1.73. The van der Waals surface area contributed by atoms with Crippen molar-refractivity contribution < 1.29 is 13.6 Å². The van der Waals surface area contributed by atoms with Crippen LogP contribution in [0.15, 0.2) is 52.4 Å². The molecule has 9 heteroatoms. The quantitative estimate of drug-likeness (QED) is 0.440. The Hall–Kier alpha value is -3.25. The van der Waals surface area contributed by atoms with E-state index in [1.165, 1.54) is 6.07 Å². The third-order valence-corrected chi connectivity index (χ3v) is 6.88. The summed E-state index contributed by atoms with van der Waals surface area (Å²) in [7, 11) is 0. The van der Waals surface area contributed by atoms with E-state index in [-0.39, 0.29) is 22.1 Å². The van der Waals surface area contributed by atoms with E-state index in [2.05, 4.69) is 16.4 Å². The lowest BCUT2D eigenvalue weighted by Gasteiger charge is -2.32. The second kappa shape index (κ2) is 9.32. The number of benzene rings is 2. The van der Waals surface area contributed by atoms with Gasteiger partial charge in [0.15, 0.2) is 5.16 Å². The molecule has 0 saturated heterocycles. The van der Waals surface area contributed by atoms with Crippen LogP contribution in [-0.4, -0.2) is 26.2 Å². The van der Waals surface area contributed by atoms with Crippen LogP contribution in [0.5, 0.6) is 0 Å². The molecule has 1 aliphatic carbocycles. The number of carbonyl (C=O) groups is 1. The standard InChI is InChI=1S/C24H22F2N4O2S/c1-15(21(31)29-24(14-27)11-5-2-6-12-24)33-23-28-19-8-4-3-7-17(19)22(32)30(23)20-10-9-16(25)13-18(20)26/h3-4,7-10,13,15H,2,5-6,11-12H2,1H3,(H,29,31)/t15-/m0/s1. The van der Waals surface area contributed by atoms with Crippen LogP contribution in [0.2, 0.25) is 0 Å². The highest BCUT2D eigenvalue weighted by Gasteiger charge is 2.35. The summed E-state index contributed by atoms with van der Waals surface area (Å²) >= 11 is 0.983. The zero-order valence-corrected chi connectivity index (χ0v) is 18.8. The summed E-state index contributed by atoms with van der Waals surface area (Å²) in [4.78, 5) is 30.7. The van der Waals surface area contributed by atoms with Crippen molar-refractivity contribution in [2.24, 2.45) is 0 Å². The minimum Gasteiger partial charge on any atom is -0.337 e. The average Bonchev–Trinajstić information content (AvgIpc) is 2.81. The van der Waals surface area contributed by atoms with Crippen LogP contribution in [0.4, 0.5) is 8.78 Å². The highest BCUT2D eigenvalue weighted by Crippen LogP contribution is 2.30. The Bertz CT molecular complexity index is 1310. The molecule has 4 rings (SSSR count). The molecule has 33 heavy (non-hydrogen) atoms. The first-order chi connectivity index (χ1) is 15.8. The fourth-order valence-electron chi connectivity index (χ4n) is 4.04. The number of fused-ring (bicyclic) bond motifs is 1. The van der Waals surface area contributed by atoms with Crippen LogP contribution >= 0.6 is 11.8 Å². The lowest BCUT2D eigenvalue weighted by molar-refractivity contribution is -0.121. The van der Waals surface area contributed by atoms with Crippen molar-refractivity contribution >= 4 is 28.6 Å². The van der Waals surface area contributed by atoms with Gasteiger partial charge >= 0.3 is 0 Å². The van der Waals surface area contributed by atoms with E-state index in [9.17, 15) is 23.6 Å². The average molecular weight is 469 g/mol. The summed E-state index contributed by atoms with van der Waals surface area (Å²) in [6.45, 7) is 1.64. The van der Waals surface area contributed by atoms with Gasteiger partial charge in [-0.2, -0.15) is 5.26 Å². The van der Waals surface area contributed by atoms with Crippen LogP contribution in [0, 0.1) is 23.0 Å². The van der Waals surface area contributed by atoms with E-state index in [0.717, 1.165) is 41.7 Å². The van der Waals surface area contributed by atoms with Gasteiger partial charge in [0, 0.05) is 6.07 Å². The van der Waals surface area contributed by atoms with E-state index in [0.29, 0.717) is 24.4 Å². The highest BCUT2D eigenvalue weighted by molar-refractivity contribution is 8.00. The first-order valence-corrected chi connectivity index (χ1v) is 11.6. The molecule has 6 nitrogen and oxygen atoms in total. The molecule has 1 heterocycles. The number of carbonyl (C=O) groups excluding carboxylic acids is 1. The summed E-state index contributed by atoms with van der Waals surface area (Å²) in [5.41, 5.74) is -1.18. The van der Waals surface area contributed by atoms with Crippen LogP contribution < -0.4 is 10.9 Å². The normalized spacial score (nSPS) is 16.2. The van der Waals surface area contributed by atoms with Crippen molar-refractivity contribution in [2.45, 2.75) is 55.0 Å². The molecule has 1 saturated carbocycles. The number of aromatic nitrogens is 2. The molecule has 3 aromatic rings. The first-order valence-electron chi connectivity index (χ1n) is 10.7. The number of rotatable bonds is 5. The van der Waals surface area contributed by atoms with Crippen molar-refractivity contribution in [2.75, 3.05) is 0 Å². The van der Waals surface area contributed by atoms with Gasteiger partial charge in [0.2, 0.25) is 5.91 Å². The van der Waals surface area contributed by atoms with Crippen molar-refractivity contribution in [3.63, 3.8) is 0 Å². The van der Waals surface area contributed by atoms with Gasteiger partial charge in [0.05, 0.1) is 27.9 Å². The molecule has 1 atom stereocenters. The number of hydrogen-bond acceptors (Lipinski definition) is 5. The van der Waals surface area contributed by atoms with Gasteiger partial charge in [-0.1, -0.05) is 43.2 Å². The fourth-order valence-corrected chi connectivity index (χ4v) is 4.96. The molecule has 0 bridgehead atoms. The third kappa shape index (κ3) is 4.62. The largest absolute Gasteiger partial charge is 0.337 e. The Kier molecular flexibility index (Phi) is 6.47. The van der Waals surface area contributed by atoms with Crippen molar-refractivity contribution in [1.29, 1.82) is 5.26 Å². The van der Waals surface area contributed by atoms with Crippen molar-refractivity contribution in [3.8, 4) is 11.8 Å². The predicted molar refractivity (Wildman–Crippen MR) is 122 cm³/mol.